The molecule has 1 atom stereocenters. The van der Waals surface area contributed by atoms with E-state index in [1.807, 2.05) is 14.1 Å². The van der Waals surface area contributed by atoms with E-state index in [4.69, 9.17) is 0 Å². The molecule has 1 aromatic heterocycles. The molecule has 0 bridgehead atoms. The van der Waals surface area contributed by atoms with Gasteiger partial charge in [-0.15, -0.1) is 0 Å². The van der Waals surface area contributed by atoms with E-state index in [2.05, 4.69) is 15.2 Å². The molecule has 1 unspecified atom stereocenters. The highest BCUT2D eigenvalue weighted by Gasteiger charge is 2.26. The summed E-state index contributed by atoms with van der Waals surface area (Å²) in [7, 11) is 3.76. The normalized spacial score (nSPS) is 19.3. The van der Waals surface area contributed by atoms with Crippen LogP contribution in [-0.2, 0) is 6.54 Å². The van der Waals surface area contributed by atoms with E-state index in [1.54, 1.807) is 0 Å². The van der Waals surface area contributed by atoms with Gasteiger partial charge in [-0.25, -0.2) is 8.78 Å². The van der Waals surface area contributed by atoms with Crippen LogP contribution in [0.5, 0.6) is 0 Å². The second-order valence-corrected chi connectivity index (χ2v) is 5.20. The first-order chi connectivity index (χ1) is 9.51. The lowest BCUT2D eigenvalue weighted by Crippen LogP contribution is -2.38. The lowest BCUT2D eigenvalue weighted by molar-refractivity contribution is 0.263. The number of aromatic amines is 1. The molecule has 0 fully saturated rings. The molecule has 0 spiro atoms. The summed E-state index contributed by atoms with van der Waals surface area (Å²) in [6.07, 6.45) is 0. The molecule has 106 valence electrons. The minimum Gasteiger partial charge on any atom is -0.324 e. The van der Waals surface area contributed by atoms with Crippen LogP contribution in [0.1, 0.15) is 17.3 Å². The quantitative estimate of drug-likeness (QED) is 0.832. The third kappa shape index (κ3) is 1.92. The fraction of sp³-hybridized carbons (Fsp3) is 0.357. The van der Waals surface area contributed by atoms with Crippen molar-refractivity contribution in [2.75, 3.05) is 20.6 Å². The molecular formula is C14H15F2N3O. The number of fused-ring (bicyclic) bond motifs is 3. The van der Waals surface area contributed by atoms with Gasteiger partial charge in [-0.1, -0.05) is 0 Å². The monoisotopic (exact) mass is 279 g/mol. The molecule has 1 aliphatic rings. The molecule has 0 aliphatic carbocycles. The number of hydrogen-bond donors (Lipinski definition) is 2. The van der Waals surface area contributed by atoms with E-state index >= 15 is 0 Å². The number of pyridine rings is 1. The van der Waals surface area contributed by atoms with Crippen LogP contribution in [0.25, 0.3) is 10.8 Å². The number of likely N-dealkylation sites (N-methyl/N-ethyl adjacent to an activating group) is 2. The van der Waals surface area contributed by atoms with Gasteiger partial charge in [-0.3, -0.25) is 9.69 Å². The highest BCUT2D eigenvalue weighted by Crippen LogP contribution is 2.30. The number of nitrogens with one attached hydrogen (secondary N) is 2. The zero-order chi connectivity index (χ0) is 14.4. The van der Waals surface area contributed by atoms with Crippen molar-refractivity contribution in [2.45, 2.75) is 12.6 Å². The highest BCUT2D eigenvalue weighted by atomic mass is 19.2. The van der Waals surface area contributed by atoms with Crippen molar-refractivity contribution in [1.82, 2.24) is 15.2 Å². The van der Waals surface area contributed by atoms with Gasteiger partial charge in [-0.05, 0) is 37.2 Å². The number of nitrogens with zero attached hydrogens (tertiary/aromatic N) is 1. The summed E-state index contributed by atoms with van der Waals surface area (Å²) in [6, 6.07) is 2.05. The molecular weight excluding hydrogens is 264 g/mol. The Morgan fingerprint density at radius 3 is 2.60 bits per heavy atom. The van der Waals surface area contributed by atoms with Crippen molar-refractivity contribution in [3.05, 3.63) is 45.4 Å². The average Bonchev–Trinajstić information content (AvgIpc) is 2.40. The Bertz CT molecular complexity index is 741. The molecule has 6 heteroatoms. The third-order valence-corrected chi connectivity index (χ3v) is 3.80. The first-order valence-corrected chi connectivity index (χ1v) is 6.41. The van der Waals surface area contributed by atoms with Crippen molar-refractivity contribution in [3.63, 3.8) is 0 Å². The number of benzene rings is 1. The van der Waals surface area contributed by atoms with Gasteiger partial charge in [0.25, 0.3) is 5.56 Å². The summed E-state index contributed by atoms with van der Waals surface area (Å²) in [5.74, 6) is -1.93. The van der Waals surface area contributed by atoms with Crippen LogP contribution < -0.4 is 10.9 Å². The van der Waals surface area contributed by atoms with Crippen LogP contribution in [0.4, 0.5) is 8.78 Å². The summed E-state index contributed by atoms with van der Waals surface area (Å²) in [5, 5.41) is 3.83. The third-order valence-electron chi connectivity index (χ3n) is 3.80. The van der Waals surface area contributed by atoms with Crippen molar-refractivity contribution < 1.29 is 8.78 Å². The van der Waals surface area contributed by atoms with Crippen LogP contribution in [0, 0.1) is 11.6 Å². The minimum absolute atomic E-state index is 0.0343. The van der Waals surface area contributed by atoms with E-state index in [1.165, 1.54) is 0 Å². The fourth-order valence-electron chi connectivity index (χ4n) is 2.89. The number of rotatable bonds is 1. The minimum atomic E-state index is -1.00. The van der Waals surface area contributed by atoms with Crippen LogP contribution >= 0.6 is 0 Å². The van der Waals surface area contributed by atoms with E-state index in [-0.39, 0.29) is 17.0 Å². The van der Waals surface area contributed by atoms with E-state index in [9.17, 15) is 13.6 Å². The SMILES string of the molecule is CNC1CN(C)Cc2[nH]c(=O)c3cc(F)c(F)cc3c21. The Labute approximate surface area is 114 Å². The largest absolute Gasteiger partial charge is 0.324 e. The van der Waals surface area contributed by atoms with Gasteiger partial charge in [0.15, 0.2) is 11.6 Å². The van der Waals surface area contributed by atoms with Crippen LogP contribution in [-0.4, -0.2) is 30.5 Å². The summed E-state index contributed by atoms with van der Waals surface area (Å²) in [4.78, 5) is 16.9. The number of aromatic nitrogens is 1. The van der Waals surface area contributed by atoms with E-state index in [0.29, 0.717) is 11.9 Å². The molecule has 1 aliphatic heterocycles. The smallest absolute Gasteiger partial charge is 0.256 e. The molecule has 20 heavy (non-hydrogen) atoms. The molecule has 0 saturated carbocycles. The first-order valence-electron chi connectivity index (χ1n) is 6.41. The lowest BCUT2D eigenvalue weighted by Gasteiger charge is -2.32. The van der Waals surface area contributed by atoms with Crippen LogP contribution in [0.3, 0.4) is 0 Å². The van der Waals surface area contributed by atoms with Gasteiger partial charge >= 0.3 is 0 Å². The maximum absolute atomic E-state index is 13.5. The van der Waals surface area contributed by atoms with Crippen LogP contribution in [0.15, 0.2) is 16.9 Å². The van der Waals surface area contributed by atoms with Gasteiger partial charge in [0.2, 0.25) is 0 Å². The Kier molecular flexibility index (Phi) is 3.07. The molecule has 3 rings (SSSR count). The summed E-state index contributed by atoms with van der Waals surface area (Å²) in [6.45, 7) is 1.32. The van der Waals surface area contributed by atoms with Gasteiger partial charge in [-0.2, -0.15) is 0 Å². The standard InChI is InChI=1S/C14H15F2N3O/c1-17-11-5-19(2)6-12-13(11)7-3-9(15)10(16)4-8(7)14(20)18-12/h3-4,11,17H,5-6H2,1-2H3,(H,18,20). The summed E-state index contributed by atoms with van der Waals surface area (Å²) >= 11 is 0. The van der Waals surface area contributed by atoms with Gasteiger partial charge in [0.1, 0.15) is 0 Å². The number of H-pyrrole nitrogens is 1. The van der Waals surface area contributed by atoms with E-state index < -0.39 is 11.6 Å². The zero-order valence-electron chi connectivity index (χ0n) is 11.3. The highest BCUT2D eigenvalue weighted by molar-refractivity contribution is 5.86. The lowest BCUT2D eigenvalue weighted by atomic mass is 9.94. The van der Waals surface area contributed by atoms with Crippen molar-refractivity contribution >= 4 is 10.8 Å². The zero-order valence-corrected chi connectivity index (χ0v) is 11.3. The van der Waals surface area contributed by atoms with Crippen LogP contribution in [0.2, 0.25) is 0 Å². The molecule has 2 heterocycles. The average molecular weight is 279 g/mol. The summed E-state index contributed by atoms with van der Waals surface area (Å²) in [5.41, 5.74) is 1.21. The summed E-state index contributed by atoms with van der Waals surface area (Å²) < 4.78 is 26.9. The Morgan fingerprint density at radius 2 is 1.95 bits per heavy atom. The number of halogens is 2. The van der Waals surface area contributed by atoms with Gasteiger partial charge in [0.05, 0.1) is 5.39 Å². The Balaban J connectivity index is 2.39. The first kappa shape index (κ1) is 13.2. The predicted molar refractivity (Wildman–Crippen MR) is 72.6 cm³/mol. The maximum atomic E-state index is 13.5. The molecule has 1 aromatic carbocycles. The molecule has 0 radical (unpaired) electrons. The number of hydrogen-bond acceptors (Lipinski definition) is 3. The molecule has 0 saturated heterocycles. The second kappa shape index (κ2) is 4.64. The van der Waals surface area contributed by atoms with Crippen molar-refractivity contribution in [3.8, 4) is 0 Å². The predicted octanol–water partition coefficient (Wildman–Crippen LogP) is 1.51. The molecule has 2 aromatic rings. The maximum Gasteiger partial charge on any atom is 0.256 e. The fourth-order valence-corrected chi connectivity index (χ4v) is 2.89. The topological polar surface area (TPSA) is 48.1 Å². The Hall–Kier alpha value is -1.79. The molecule has 4 nitrogen and oxygen atoms in total. The van der Waals surface area contributed by atoms with Crippen molar-refractivity contribution in [1.29, 1.82) is 0 Å². The van der Waals surface area contributed by atoms with E-state index in [0.717, 1.165) is 29.9 Å². The van der Waals surface area contributed by atoms with Crippen molar-refractivity contribution in [2.24, 2.45) is 0 Å². The second-order valence-electron chi connectivity index (χ2n) is 5.20. The van der Waals surface area contributed by atoms with Gasteiger partial charge in [0, 0.05) is 24.8 Å². The Morgan fingerprint density at radius 1 is 1.30 bits per heavy atom. The molecule has 2 N–H and O–H groups in total. The molecule has 0 amide bonds. The van der Waals surface area contributed by atoms with Gasteiger partial charge < -0.3 is 10.3 Å².